The molecule has 4 aromatic carbocycles. The van der Waals surface area contributed by atoms with Crippen molar-refractivity contribution >= 4 is 34.0 Å². The number of carbonyl (C=O) groups excluding carboxylic acids is 2. The molecular formula is C28H21BrN2O4. The zero-order chi connectivity index (χ0) is 24.7. The van der Waals surface area contributed by atoms with Crippen molar-refractivity contribution in [1.29, 1.82) is 0 Å². The first kappa shape index (κ1) is 24.1. The lowest BCUT2D eigenvalue weighted by molar-refractivity contribution is -0.136. The Morgan fingerprint density at radius 1 is 0.829 bits per heavy atom. The van der Waals surface area contributed by atoms with Gasteiger partial charge in [-0.3, -0.25) is 4.79 Å². The number of rotatable bonds is 7. The normalized spacial score (nSPS) is 11.3. The average molecular weight is 529 g/mol. The predicted molar refractivity (Wildman–Crippen MR) is 137 cm³/mol. The Labute approximate surface area is 211 Å². The van der Waals surface area contributed by atoms with E-state index in [4.69, 9.17) is 4.74 Å². The van der Waals surface area contributed by atoms with Crippen LogP contribution in [0.3, 0.4) is 0 Å². The van der Waals surface area contributed by atoms with Crippen molar-refractivity contribution in [2.45, 2.75) is 5.60 Å². The van der Waals surface area contributed by atoms with E-state index in [1.165, 1.54) is 6.21 Å². The van der Waals surface area contributed by atoms with Crippen LogP contribution in [0, 0.1) is 0 Å². The maximum absolute atomic E-state index is 13.1. The van der Waals surface area contributed by atoms with E-state index in [-0.39, 0.29) is 0 Å². The molecule has 0 heterocycles. The number of hydrogen-bond acceptors (Lipinski definition) is 5. The van der Waals surface area contributed by atoms with Gasteiger partial charge in [-0.05, 0) is 47.0 Å². The summed E-state index contributed by atoms with van der Waals surface area (Å²) in [6.45, 7) is 0. The highest BCUT2D eigenvalue weighted by molar-refractivity contribution is 9.10. The first-order valence-corrected chi connectivity index (χ1v) is 11.5. The molecule has 0 bridgehead atoms. The van der Waals surface area contributed by atoms with Gasteiger partial charge in [-0.2, -0.15) is 5.10 Å². The monoisotopic (exact) mass is 528 g/mol. The molecule has 0 aliphatic carbocycles. The number of esters is 1. The Balaban J connectivity index is 1.49. The smallest absolute Gasteiger partial charge is 0.343 e. The zero-order valence-corrected chi connectivity index (χ0v) is 20.1. The average Bonchev–Trinajstić information content (AvgIpc) is 2.89. The van der Waals surface area contributed by atoms with Crippen molar-refractivity contribution in [2.24, 2.45) is 5.10 Å². The predicted octanol–water partition coefficient (Wildman–Crippen LogP) is 5.05. The van der Waals surface area contributed by atoms with Gasteiger partial charge in [0.15, 0.2) is 5.60 Å². The SMILES string of the molecule is O=C(Oc1cccc(C=NNC(=O)C(O)(c2ccccc2)c2ccccc2)c1)c1cccc(Br)c1. The van der Waals surface area contributed by atoms with Crippen LogP contribution in [0.1, 0.15) is 27.0 Å². The van der Waals surface area contributed by atoms with E-state index in [1.807, 2.05) is 6.07 Å². The Kier molecular flexibility index (Phi) is 7.50. The van der Waals surface area contributed by atoms with Gasteiger partial charge in [0.05, 0.1) is 11.8 Å². The van der Waals surface area contributed by atoms with E-state index < -0.39 is 17.5 Å². The fourth-order valence-corrected chi connectivity index (χ4v) is 3.87. The van der Waals surface area contributed by atoms with Crippen LogP contribution in [0.2, 0.25) is 0 Å². The van der Waals surface area contributed by atoms with Crippen LogP contribution in [0.25, 0.3) is 0 Å². The molecule has 1 amide bonds. The molecule has 4 aromatic rings. The van der Waals surface area contributed by atoms with E-state index in [0.717, 1.165) is 4.47 Å². The molecule has 0 fully saturated rings. The van der Waals surface area contributed by atoms with E-state index in [1.54, 1.807) is 103 Å². The summed E-state index contributed by atoms with van der Waals surface area (Å²) in [5.74, 6) is -0.872. The third kappa shape index (κ3) is 5.71. The Morgan fingerprint density at radius 3 is 2.09 bits per heavy atom. The van der Waals surface area contributed by atoms with Crippen molar-refractivity contribution < 1.29 is 19.4 Å². The van der Waals surface area contributed by atoms with Crippen molar-refractivity contribution in [3.8, 4) is 5.75 Å². The number of halogens is 1. The van der Waals surface area contributed by atoms with Gasteiger partial charge in [0.25, 0.3) is 5.91 Å². The molecule has 35 heavy (non-hydrogen) atoms. The Hall–Kier alpha value is -4.07. The first-order chi connectivity index (χ1) is 17.0. The van der Waals surface area contributed by atoms with Gasteiger partial charge in [-0.1, -0.05) is 94.8 Å². The van der Waals surface area contributed by atoms with Crippen LogP contribution >= 0.6 is 15.9 Å². The van der Waals surface area contributed by atoms with Crippen molar-refractivity contribution in [2.75, 3.05) is 0 Å². The summed E-state index contributed by atoms with van der Waals surface area (Å²) in [7, 11) is 0. The van der Waals surface area contributed by atoms with Gasteiger partial charge < -0.3 is 9.84 Å². The molecule has 174 valence electrons. The number of nitrogens with zero attached hydrogens (tertiary/aromatic N) is 1. The number of aliphatic hydroxyl groups is 1. The number of hydrazone groups is 1. The highest BCUT2D eigenvalue weighted by atomic mass is 79.9. The molecule has 0 saturated heterocycles. The number of amides is 1. The highest BCUT2D eigenvalue weighted by Crippen LogP contribution is 2.29. The molecule has 7 heteroatoms. The molecule has 4 rings (SSSR count). The van der Waals surface area contributed by atoms with Crippen LogP contribution in [-0.4, -0.2) is 23.2 Å². The second kappa shape index (κ2) is 10.9. The van der Waals surface area contributed by atoms with Crippen molar-refractivity contribution in [3.05, 3.63) is 136 Å². The van der Waals surface area contributed by atoms with Gasteiger partial charge in [0.1, 0.15) is 5.75 Å². The fraction of sp³-hybridized carbons (Fsp3) is 0.0357. The van der Waals surface area contributed by atoms with Gasteiger partial charge >= 0.3 is 5.97 Å². The van der Waals surface area contributed by atoms with Gasteiger partial charge in [0, 0.05) is 4.47 Å². The number of hydrogen-bond donors (Lipinski definition) is 2. The second-order valence-corrected chi connectivity index (χ2v) is 8.53. The number of ether oxygens (including phenoxy) is 1. The van der Waals surface area contributed by atoms with E-state index in [0.29, 0.717) is 28.0 Å². The summed E-state index contributed by atoms with van der Waals surface area (Å²) in [6.07, 6.45) is 1.41. The zero-order valence-electron chi connectivity index (χ0n) is 18.5. The number of benzene rings is 4. The van der Waals surface area contributed by atoms with Crippen LogP contribution in [0.4, 0.5) is 0 Å². The summed E-state index contributed by atoms with van der Waals surface area (Å²) in [4.78, 5) is 25.5. The minimum Gasteiger partial charge on any atom is -0.423 e. The summed E-state index contributed by atoms with van der Waals surface area (Å²) < 4.78 is 6.22. The summed E-state index contributed by atoms with van der Waals surface area (Å²) in [5, 5.41) is 15.5. The standard InChI is InChI=1S/C28H21BrN2O4/c29-24-15-8-10-21(18-24)26(32)35-25-16-7-9-20(17-25)19-30-31-27(33)28(34,22-11-3-1-4-12-22)23-13-5-2-6-14-23/h1-19,34H,(H,31,33). The first-order valence-electron chi connectivity index (χ1n) is 10.7. The molecular weight excluding hydrogens is 508 g/mol. The fourth-order valence-electron chi connectivity index (χ4n) is 3.47. The lowest BCUT2D eigenvalue weighted by atomic mass is 9.85. The molecule has 6 nitrogen and oxygen atoms in total. The van der Waals surface area contributed by atoms with Gasteiger partial charge in [0.2, 0.25) is 0 Å². The van der Waals surface area contributed by atoms with E-state index >= 15 is 0 Å². The third-order valence-electron chi connectivity index (χ3n) is 5.22. The highest BCUT2D eigenvalue weighted by Gasteiger charge is 2.39. The second-order valence-electron chi connectivity index (χ2n) is 7.61. The molecule has 0 aromatic heterocycles. The third-order valence-corrected chi connectivity index (χ3v) is 5.71. The minimum atomic E-state index is -1.93. The molecule has 0 spiro atoms. The molecule has 0 unspecified atom stereocenters. The van der Waals surface area contributed by atoms with Crippen LogP contribution in [-0.2, 0) is 10.4 Å². The maximum atomic E-state index is 13.1. The molecule has 0 saturated carbocycles. The van der Waals surface area contributed by atoms with Crippen LogP contribution in [0.5, 0.6) is 5.75 Å². The minimum absolute atomic E-state index is 0.329. The molecule has 0 radical (unpaired) electrons. The Morgan fingerprint density at radius 2 is 1.46 bits per heavy atom. The van der Waals surface area contributed by atoms with Crippen molar-refractivity contribution in [1.82, 2.24) is 5.43 Å². The molecule has 2 N–H and O–H groups in total. The largest absolute Gasteiger partial charge is 0.423 e. The topological polar surface area (TPSA) is 88.0 Å². The van der Waals surface area contributed by atoms with Gasteiger partial charge in [-0.25, -0.2) is 10.2 Å². The lowest BCUT2D eigenvalue weighted by Gasteiger charge is -2.27. The summed E-state index contributed by atoms with van der Waals surface area (Å²) in [6, 6.07) is 30.9. The van der Waals surface area contributed by atoms with E-state index in [9.17, 15) is 14.7 Å². The summed E-state index contributed by atoms with van der Waals surface area (Å²) >= 11 is 3.33. The van der Waals surface area contributed by atoms with Gasteiger partial charge in [-0.15, -0.1) is 0 Å². The van der Waals surface area contributed by atoms with E-state index in [2.05, 4.69) is 26.5 Å². The summed E-state index contributed by atoms with van der Waals surface area (Å²) in [5.41, 5.74) is 2.33. The lowest BCUT2D eigenvalue weighted by Crippen LogP contribution is -2.43. The molecule has 0 aliphatic rings. The number of nitrogens with one attached hydrogen (secondary N) is 1. The van der Waals surface area contributed by atoms with Crippen LogP contribution in [0.15, 0.2) is 119 Å². The molecule has 0 atom stereocenters. The van der Waals surface area contributed by atoms with Crippen LogP contribution < -0.4 is 10.2 Å². The quantitative estimate of drug-likeness (QED) is 0.152. The number of carbonyl (C=O) groups is 2. The Bertz CT molecular complexity index is 1320. The maximum Gasteiger partial charge on any atom is 0.343 e. The van der Waals surface area contributed by atoms with Crippen molar-refractivity contribution in [3.63, 3.8) is 0 Å². The molecule has 0 aliphatic heterocycles.